The number of amides is 1. The Kier molecular flexibility index (Phi) is 8.52. The number of carbonyl (C=O) groups excluding carboxylic acids is 1. The molecule has 1 amide bonds. The lowest BCUT2D eigenvalue weighted by Gasteiger charge is -2.20. The standard InChI is InChI=1S/C23H32N4O2/c1-5-24-22(25-14-15-29-20-12-7-6-8-13-20)26-17-18-10-9-11-19(16-18)21(28)27-23(2,3)4/h6-13,16H,5,14-15,17H2,1-4H3,(H,27,28)(H2,24,25,26). The number of carbonyl (C=O) groups is 1. The van der Waals surface area contributed by atoms with Gasteiger partial charge in [0.15, 0.2) is 5.96 Å². The summed E-state index contributed by atoms with van der Waals surface area (Å²) < 4.78 is 5.69. The van der Waals surface area contributed by atoms with Gasteiger partial charge in [0.2, 0.25) is 0 Å². The molecule has 0 aromatic heterocycles. The highest BCUT2D eigenvalue weighted by Gasteiger charge is 2.15. The van der Waals surface area contributed by atoms with E-state index in [1.807, 2.05) is 82.3 Å². The van der Waals surface area contributed by atoms with Gasteiger partial charge in [-0.2, -0.15) is 0 Å². The maximum Gasteiger partial charge on any atom is 0.251 e. The van der Waals surface area contributed by atoms with Crippen molar-refractivity contribution in [2.45, 2.75) is 39.8 Å². The first-order valence-electron chi connectivity index (χ1n) is 9.99. The van der Waals surface area contributed by atoms with Gasteiger partial charge in [-0.1, -0.05) is 30.3 Å². The van der Waals surface area contributed by atoms with Crippen LogP contribution in [0.3, 0.4) is 0 Å². The van der Waals surface area contributed by atoms with Gasteiger partial charge < -0.3 is 20.7 Å². The molecule has 0 fully saturated rings. The van der Waals surface area contributed by atoms with Crippen LogP contribution >= 0.6 is 0 Å². The normalized spacial score (nSPS) is 11.7. The summed E-state index contributed by atoms with van der Waals surface area (Å²) in [6.07, 6.45) is 0. The molecule has 0 heterocycles. The molecule has 29 heavy (non-hydrogen) atoms. The minimum absolute atomic E-state index is 0.0774. The van der Waals surface area contributed by atoms with Crippen molar-refractivity contribution in [3.8, 4) is 5.75 Å². The number of benzene rings is 2. The first-order chi connectivity index (χ1) is 13.9. The van der Waals surface area contributed by atoms with Gasteiger partial charge in [-0.3, -0.25) is 4.79 Å². The fourth-order valence-corrected chi connectivity index (χ4v) is 2.59. The van der Waals surface area contributed by atoms with Gasteiger partial charge in [-0.05, 0) is 57.5 Å². The second kappa shape index (κ2) is 11.1. The van der Waals surface area contributed by atoms with E-state index in [0.29, 0.717) is 31.2 Å². The zero-order valence-corrected chi connectivity index (χ0v) is 17.8. The second-order valence-electron chi connectivity index (χ2n) is 7.69. The average Bonchev–Trinajstić information content (AvgIpc) is 2.69. The number of guanidine groups is 1. The van der Waals surface area contributed by atoms with Crippen LogP contribution in [-0.4, -0.2) is 37.1 Å². The molecule has 2 aromatic rings. The van der Waals surface area contributed by atoms with Gasteiger partial charge in [0.25, 0.3) is 5.91 Å². The molecule has 0 radical (unpaired) electrons. The molecule has 0 aliphatic heterocycles. The fourth-order valence-electron chi connectivity index (χ4n) is 2.59. The summed E-state index contributed by atoms with van der Waals surface area (Å²) in [6.45, 7) is 10.3. The number of rotatable bonds is 8. The van der Waals surface area contributed by atoms with Crippen LogP contribution in [0.15, 0.2) is 59.6 Å². The van der Waals surface area contributed by atoms with Crippen LogP contribution in [0.4, 0.5) is 0 Å². The Balaban J connectivity index is 1.90. The van der Waals surface area contributed by atoms with Crippen molar-refractivity contribution in [1.29, 1.82) is 0 Å². The zero-order valence-electron chi connectivity index (χ0n) is 17.8. The number of ether oxygens (including phenoxy) is 1. The quantitative estimate of drug-likeness (QED) is 0.363. The van der Waals surface area contributed by atoms with Crippen LogP contribution in [0.5, 0.6) is 5.75 Å². The number of para-hydroxylation sites is 1. The first kappa shape index (κ1) is 22.3. The van der Waals surface area contributed by atoms with Crippen molar-refractivity contribution >= 4 is 11.9 Å². The molecule has 2 aromatic carbocycles. The van der Waals surface area contributed by atoms with Gasteiger partial charge >= 0.3 is 0 Å². The molecule has 0 atom stereocenters. The van der Waals surface area contributed by atoms with E-state index in [2.05, 4.69) is 20.9 Å². The maximum absolute atomic E-state index is 12.4. The highest BCUT2D eigenvalue weighted by molar-refractivity contribution is 5.94. The monoisotopic (exact) mass is 396 g/mol. The molecule has 6 heteroatoms. The number of nitrogens with one attached hydrogen (secondary N) is 3. The van der Waals surface area contributed by atoms with E-state index in [-0.39, 0.29) is 11.4 Å². The van der Waals surface area contributed by atoms with Crippen molar-refractivity contribution in [3.05, 3.63) is 65.7 Å². The third-order valence-electron chi connectivity index (χ3n) is 3.85. The van der Waals surface area contributed by atoms with Gasteiger partial charge in [-0.15, -0.1) is 0 Å². The molecule has 3 N–H and O–H groups in total. The molecule has 0 saturated carbocycles. The predicted molar refractivity (Wildman–Crippen MR) is 118 cm³/mol. The summed E-state index contributed by atoms with van der Waals surface area (Å²) in [5.41, 5.74) is 1.35. The highest BCUT2D eigenvalue weighted by Crippen LogP contribution is 2.09. The Morgan fingerprint density at radius 3 is 2.48 bits per heavy atom. The lowest BCUT2D eigenvalue weighted by molar-refractivity contribution is 0.0919. The van der Waals surface area contributed by atoms with Gasteiger partial charge in [-0.25, -0.2) is 4.99 Å². The third-order valence-corrected chi connectivity index (χ3v) is 3.85. The topological polar surface area (TPSA) is 74.8 Å². The van der Waals surface area contributed by atoms with Crippen molar-refractivity contribution in [2.24, 2.45) is 4.99 Å². The molecule has 0 spiro atoms. The summed E-state index contributed by atoms with van der Waals surface area (Å²) in [7, 11) is 0. The number of hydrogen-bond acceptors (Lipinski definition) is 3. The molecule has 2 rings (SSSR count). The van der Waals surface area contributed by atoms with Crippen LogP contribution in [0.2, 0.25) is 0 Å². The summed E-state index contributed by atoms with van der Waals surface area (Å²) in [5, 5.41) is 9.47. The minimum Gasteiger partial charge on any atom is -0.492 e. The molecule has 0 bridgehead atoms. The van der Waals surface area contributed by atoms with E-state index in [9.17, 15) is 4.79 Å². The number of nitrogens with zero attached hydrogens (tertiary/aromatic N) is 1. The maximum atomic E-state index is 12.4. The van der Waals surface area contributed by atoms with E-state index in [1.54, 1.807) is 0 Å². The third kappa shape index (κ3) is 8.68. The van der Waals surface area contributed by atoms with Crippen LogP contribution in [0, 0.1) is 0 Å². The van der Waals surface area contributed by atoms with E-state index < -0.39 is 0 Å². The highest BCUT2D eigenvalue weighted by atomic mass is 16.5. The molecule has 0 saturated heterocycles. The Labute approximate surface area is 173 Å². The van der Waals surface area contributed by atoms with Crippen LogP contribution in [0.25, 0.3) is 0 Å². The Morgan fingerprint density at radius 2 is 1.79 bits per heavy atom. The number of aliphatic imine (C=N–C) groups is 1. The lowest BCUT2D eigenvalue weighted by atomic mass is 10.1. The van der Waals surface area contributed by atoms with Gasteiger partial charge in [0.1, 0.15) is 12.4 Å². The van der Waals surface area contributed by atoms with Gasteiger partial charge in [0.05, 0.1) is 13.1 Å². The molecular formula is C23H32N4O2. The fraction of sp³-hybridized carbons (Fsp3) is 0.391. The molecular weight excluding hydrogens is 364 g/mol. The number of hydrogen-bond donors (Lipinski definition) is 3. The Hall–Kier alpha value is -3.02. The SMILES string of the molecule is CCNC(=NCc1cccc(C(=O)NC(C)(C)C)c1)NCCOc1ccccc1. The van der Waals surface area contributed by atoms with E-state index in [0.717, 1.165) is 17.9 Å². The van der Waals surface area contributed by atoms with E-state index in [4.69, 9.17) is 4.74 Å². The van der Waals surface area contributed by atoms with Crippen LogP contribution < -0.4 is 20.7 Å². The Morgan fingerprint density at radius 1 is 1.03 bits per heavy atom. The van der Waals surface area contributed by atoms with Crippen molar-refractivity contribution < 1.29 is 9.53 Å². The van der Waals surface area contributed by atoms with E-state index >= 15 is 0 Å². The summed E-state index contributed by atoms with van der Waals surface area (Å²) in [6, 6.07) is 17.3. The van der Waals surface area contributed by atoms with Crippen molar-refractivity contribution in [3.63, 3.8) is 0 Å². The summed E-state index contributed by atoms with van der Waals surface area (Å²) in [4.78, 5) is 17.0. The summed E-state index contributed by atoms with van der Waals surface area (Å²) in [5.74, 6) is 1.49. The van der Waals surface area contributed by atoms with Gasteiger partial charge in [0, 0.05) is 17.6 Å². The molecule has 156 valence electrons. The van der Waals surface area contributed by atoms with Crippen molar-refractivity contribution in [1.82, 2.24) is 16.0 Å². The molecule has 0 unspecified atom stereocenters. The van der Waals surface area contributed by atoms with Crippen molar-refractivity contribution in [2.75, 3.05) is 19.7 Å². The van der Waals surface area contributed by atoms with E-state index in [1.165, 1.54) is 0 Å². The summed E-state index contributed by atoms with van der Waals surface area (Å²) >= 11 is 0. The average molecular weight is 397 g/mol. The largest absolute Gasteiger partial charge is 0.492 e. The lowest BCUT2D eigenvalue weighted by Crippen LogP contribution is -2.40. The zero-order chi connectivity index (χ0) is 21.1. The van der Waals surface area contributed by atoms with Crippen LogP contribution in [0.1, 0.15) is 43.6 Å². The second-order valence-corrected chi connectivity index (χ2v) is 7.69. The molecule has 6 nitrogen and oxygen atoms in total. The predicted octanol–water partition coefficient (Wildman–Crippen LogP) is 3.35. The van der Waals surface area contributed by atoms with Crippen LogP contribution in [-0.2, 0) is 6.54 Å². The first-order valence-corrected chi connectivity index (χ1v) is 9.99. The molecule has 0 aliphatic rings. The minimum atomic E-state index is -0.269. The Bertz CT molecular complexity index is 798. The smallest absolute Gasteiger partial charge is 0.251 e. The molecule has 0 aliphatic carbocycles.